The molecule has 1 unspecified atom stereocenters. The molecule has 1 aromatic carbocycles. The molecule has 0 spiro atoms. The van der Waals surface area contributed by atoms with Gasteiger partial charge in [0, 0.05) is 31.4 Å². The zero-order valence-electron chi connectivity index (χ0n) is 10.3. The third-order valence-electron chi connectivity index (χ3n) is 3.10. The van der Waals surface area contributed by atoms with Gasteiger partial charge in [-0.2, -0.15) is 0 Å². The van der Waals surface area contributed by atoms with E-state index in [9.17, 15) is 5.11 Å². The number of para-hydroxylation sites is 1. The van der Waals surface area contributed by atoms with E-state index in [0.717, 1.165) is 25.8 Å². The second kappa shape index (κ2) is 5.04. The molecule has 2 aromatic heterocycles. The fourth-order valence-corrected chi connectivity index (χ4v) is 3.68. The Labute approximate surface area is 123 Å². The molecular formula is C15H12BrNOS. The monoisotopic (exact) mass is 333 g/mol. The highest BCUT2D eigenvalue weighted by atomic mass is 79.9. The molecule has 0 saturated heterocycles. The smallest absolute Gasteiger partial charge is 0.115 e. The first-order valence-corrected chi connectivity index (χ1v) is 7.55. The molecule has 0 saturated carbocycles. The number of pyridine rings is 1. The maximum absolute atomic E-state index is 10.6. The Bertz CT molecular complexity index is 713. The predicted molar refractivity (Wildman–Crippen MR) is 82.6 cm³/mol. The first-order valence-electron chi connectivity index (χ1n) is 5.94. The van der Waals surface area contributed by atoms with Gasteiger partial charge in [0.25, 0.3) is 0 Å². The number of rotatable bonds is 2. The van der Waals surface area contributed by atoms with Gasteiger partial charge < -0.3 is 5.11 Å². The minimum absolute atomic E-state index is 0.631. The quantitative estimate of drug-likeness (QED) is 0.751. The van der Waals surface area contributed by atoms with E-state index in [1.807, 2.05) is 43.3 Å². The fraction of sp³-hybridized carbons (Fsp3) is 0.133. The summed E-state index contributed by atoms with van der Waals surface area (Å²) in [4.78, 5) is 6.49. The van der Waals surface area contributed by atoms with E-state index in [4.69, 9.17) is 0 Å². The molecule has 0 aliphatic rings. The fourth-order valence-electron chi connectivity index (χ4n) is 2.12. The summed E-state index contributed by atoms with van der Waals surface area (Å²) < 4.78 is 1.04. The second-order valence-electron chi connectivity index (χ2n) is 4.38. The largest absolute Gasteiger partial charge is 0.383 e. The maximum Gasteiger partial charge on any atom is 0.115 e. The van der Waals surface area contributed by atoms with Gasteiger partial charge in [0.1, 0.15) is 6.10 Å². The van der Waals surface area contributed by atoms with Crippen LogP contribution in [-0.2, 0) is 0 Å². The van der Waals surface area contributed by atoms with Gasteiger partial charge in [-0.15, -0.1) is 11.3 Å². The van der Waals surface area contributed by atoms with Crippen LogP contribution in [-0.4, -0.2) is 10.1 Å². The lowest BCUT2D eigenvalue weighted by Gasteiger charge is -2.11. The second-order valence-corrected chi connectivity index (χ2v) is 6.52. The molecule has 0 bridgehead atoms. The summed E-state index contributed by atoms with van der Waals surface area (Å²) in [7, 11) is 0. The van der Waals surface area contributed by atoms with Gasteiger partial charge in [0.15, 0.2) is 0 Å². The summed E-state index contributed by atoms with van der Waals surface area (Å²) in [6, 6.07) is 11.8. The van der Waals surface area contributed by atoms with Crippen LogP contribution in [0, 0.1) is 6.92 Å². The molecule has 4 heteroatoms. The van der Waals surface area contributed by atoms with Crippen molar-refractivity contribution >= 4 is 38.2 Å². The third kappa shape index (κ3) is 2.31. The van der Waals surface area contributed by atoms with Crippen molar-refractivity contribution in [1.29, 1.82) is 0 Å². The van der Waals surface area contributed by atoms with Crippen LogP contribution in [0.3, 0.4) is 0 Å². The van der Waals surface area contributed by atoms with Crippen molar-refractivity contribution in [2.45, 2.75) is 13.0 Å². The van der Waals surface area contributed by atoms with Crippen LogP contribution in [0.1, 0.15) is 21.4 Å². The number of aliphatic hydroxyl groups is 1. The van der Waals surface area contributed by atoms with E-state index in [-0.39, 0.29) is 0 Å². The van der Waals surface area contributed by atoms with E-state index >= 15 is 0 Å². The number of aliphatic hydroxyl groups excluding tert-OH is 1. The molecule has 2 heterocycles. The van der Waals surface area contributed by atoms with Gasteiger partial charge in [0.05, 0.1) is 5.52 Å². The molecule has 1 N–H and O–H groups in total. The molecule has 0 aliphatic carbocycles. The van der Waals surface area contributed by atoms with Gasteiger partial charge in [-0.1, -0.05) is 24.3 Å². The van der Waals surface area contributed by atoms with Crippen molar-refractivity contribution in [3.05, 3.63) is 62.4 Å². The Balaban J connectivity index is 2.13. The van der Waals surface area contributed by atoms with E-state index in [1.165, 1.54) is 4.88 Å². The van der Waals surface area contributed by atoms with E-state index in [0.29, 0.717) is 0 Å². The van der Waals surface area contributed by atoms with Gasteiger partial charge in [-0.05, 0) is 35.0 Å². The molecular weight excluding hydrogens is 322 g/mol. The van der Waals surface area contributed by atoms with Crippen LogP contribution >= 0.6 is 27.3 Å². The van der Waals surface area contributed by atoms with Gasteiger partial charge in [0.2, 0.25) is 0 Å². The Hall–Kier alpha value is -1.23. The zero-order valence-corrected chi connectivity index (χ0v) is 12.7. The Morgan fingerprint density at radius 1 is 1.26 bits per heavy atom. The van der Waals surface area contributed by atoms with Crippen molar-refractivity contribution in [2.24, 2.45) is 0 Å². The molecule has 2 nitrogen and oxygen atoms in total. The van der Waals surface area contributed by atoms with E-state index < -0.39 is 6.10 Å². The van der Waals surface area contributed by atoms with Gasteiger partial charge >= 0.3 is 0 Å². The Kier molecular flexibility index (Phi) is 3.39. The van der Waals surface area contributed by atoms with Crippen LogP contribution in [0.5, 0.6) is 0 Å². The van der Waals surface area contributed by atoms with Crippen molar-refractivity contribution in [1.82, 2.24) is 4.98 Å². The van der Waals surface area contributed by atoms with Crippen LogP contribution in [0.2, 0.25) is 0 Å². The molecule has 1 atom stereocenters. The number of nitrogens with zero attached hydrogens (tertiary/aromatic N) is 1. The van der Waals surface area contributed by atoms with Crippen LogP contribution < -0.4 is 0 Å². The number of benzene rings is 1. The number of fused-ring (bicyclic) bond motifs is 1. The number of hydrogen-bond acceptors (Lipinski definition) is 3. The molecule has 96 valence electrons. The normalized spacial score (nSPS) is 12.8. The minimum atomic E-state index is -0.631. The lowest BCUT2D eigenvalue weighted by molar-refractivity contribution is 0.225. The molecule has 3 aromatic rings. The minimum Gasteiger partial charge on any atom is -0.383 e. The molecule has 3 rings (SSSR count). The summed E-state index contributed by atoms with van der Waals surface area (Å²) in [6.07, 6.45) is 1.13. The van der Waals surface area contributed by atoms with Gasteiger partial charge in [-0.3, -0.25) is 4.98 Å². The zero-order chi connectivity index (χ0) is 13.4. The van der Waals surface area contributed by atoms with Gasteiger partial charge in [-0.25, -0.2) is 0 Å². The van der Waals surface area contributed by atoms with Crippen LogP contribution in [0.4, 0.5) is 0 Å². The first-order chi connectivity index (χ1) is 9.16. The summed E-state index contributed by atoms with van der Waals surface area (Å²) >= 11 is 5.09. The summed E-state index contributed by atoms with van der Waals surface area (Å²) in [5.74, 6) is 0. The molecule has 0 radical (unpaired) electrons. The Morgan fingerprint density at radius 2 is 2.05 bits per heavy atom. The van der Waals surface area contributed by atoms with E-state index in [2.05, 4.69) is 20.9 Å². The number of thiophene rings is 1. The molecule has 0 amide bonds. The molecule has 0 aliphatic heterocycles. The number of aromatic nitrogens is 1. The van der Waals surface area contributed by atoms with E-state index in [1.54, 1.807) is 17.5 Å². The first kappa shape index (κ1) is 12.8. The number of hydrogen-bond donors (Lipinski definition) is 1. The standard InChI is InChI=1S/C15H12BrNOS/c1-9-12(16)8-13(19-9)15(18)11-6-2-4-10-5-3-7-17-14(10)11/h2-8,15,18H,1H3. The topological polar surface area (TPSA) is 33.1 Å². The van der Waals surface area contributed by atoms with Crippen molar-refractivity contribution in [3.63, 3.8) is 0 Å². The van der Waals surface area contributed by atoms with Crippen molar-refractivity contribution in [2.75, 3.05) is 0 Å². The third-order valence-corrected chi connectivity index (χ3v) is 5.29. The van der Waals surface area contributed by atoms with Crippen molar-refractivity contribution < 1.29 is 5.11 Å². The summed E-state index contributed by atoms with van der Waals surface area (Å²) in [6.45, 7) is 2.03. The lowest BCUT2D eigenvalue weighted by Crippen LogP contribution is -1.99. The summed E-state index contributed by atoms with van der Waals surface area (Å²) in [5, 5.41) is 11.6. The lowest BCUT2D eigenvalue weighted by atomic mass is 10.0. The number of halogens is 1. The average molecular weight is 334 g/mol. The average Bonchev–Trinajstić information content (AvgIpc) is 2.77. The predicted octanol–water partition coefficient (Wildman–Crippen LogP) is 4.45. The number of aryl methyl sites for hydroxylation is 1. The summed E-state index contributed by atoms with van der Waals surface area (Å²) in [5.41, 5.74) is 1.71. The maximum atomic E-state index is 10.6. The SMILES string of the molecule is Cc1sc(C(O)c2cccc3cccnc23)cc1Br. The molecule has 19 heavy (non-hydrogen) atoms. The molecule has 0 fully saturated rings. The highest BCUT2D eigenvalue weighted by Gasteiger charge is 2.17. The highest BCUT2D eigenvalue weighted by molar-refractivity contribution is 9.10. The highest BCUT2D eigenvalue weighted by Crippen LogP contribution is 2.35. The van der Waals surface area contributed by atoms with Crippen LogP contribution in [0.15, 0.2) is 47.1 Å². The van der Waals surface area contributed by atoms with Crippen molar-refractivity contribution in [3.8, 4) is 0 Å². The Morgan fingerprint density at radius 3 is 2.79 bits per heavy atom. The van der Waals surface area contributed by atoms with Crippen LogP contribution in [0.25, 0.3) is 10.9 Å².